The number of ketones is 3. The highest BCUT2D eigenvalue weighted by atomic mass is 32.2. The summed E-state index contributed by atoms with van der Waals surface area (Å²) in [4.78, 5) is 38.5. The van der Waals surface area contributed by atoms with E-state index in [4.69, 9.17) is 10.3 Å². The number of carbonyl (C=O) groups is 3. The Morgan fingerprint density at radius 3 is 1.81 bits per heavy atom. The van der Waals surface area contributed by atoms with Crippen LogP contribution < -0.4 is 16.5 Å². The largest absolute Gasteiger partial charge is 0.397 e. The molecule has 280 valence electrons. The van der Waals surface area contributed by atoms with Crippen molar-refractivity contribution in [3.63, 3.8) is 0 Å². The lowest BCUT2D eigenvalue weighted by atomic mass is 9.82. The number of nitrogen functional groups attached to an aromatic ring is 1. The molecule has 22 heteroatoms. The number of nitrogens with zero attached hydrogens (tertiary/aromatic N) is 1. The van der Waals surface area contributed by atoms with E-state index in [2.05, 4.69) is 15.8 Å². The second-order valence-corrected chi connectivity index (χ2v) is 18.2. The summed E-state index contributed by atoms with van der Waals surface area (Å²) in [6, 6.07) is 14.7. The number of carbonyl (C=O) groups excluding carboxylic acids is 3. The van der Waals surface area contributed by atoms with Crippen molar-refractivity contribution in [1.82, 2.24) is 0 Å². The quantitative estimate of drug-likeness (QED) is 0.0670. The molecule has 2 aliphatic carbocycles. The lowest BCUT2D eigenvalue weighted by Gasteiger charge is -2.24. The molecule has 0 saturated carbocycles. The number of nitrogens with two attached hydrogens (primary N) is 1. The molecule has 18 nitrogen and oxygen atoms in total. The van der Waals surface area contributed by atoms with Crippen LogP contribution in [-0.2, 0) is 40.2 Å². The summed E-state index contributed by atoms with van der Waals surface area (Å²) in [7, 11) is -18.9. The van der Waals surface area contributed by atoms with Gasteiger partial charge in [-0.1, -0.05) is 24.3 Å². The number of sulfone groups is 1. The molecule has 0 atom stereocenters. The predicted molar refractivity (Wildman–Crippen MR) is 194 cm³/mol. The van der Waals surface area contributed by atoms with Crippen LogP contribution in [0.4, 0.5) is 22.7 Å². The zero-order valence-electron chi connectivity index (χ0n) is 26.9. The SMILES string of the molecule is Nc1c(S(=O)(=O)O)cc(Nc2ccc3c(c2)C=C(S(=O)(=O)O)/C(=N/Nc2ccc(S(=O)(=O)CCS(=O)(=O)O)cc2)C3=O)c2c1C(=O)c1ccccc1C2=O. The highest BCUT2D eigenvalue weighted by molar-refractivity contribution is 7.93. The van der Waals surface area contributed by atoms with Gasteiger partial charge in [0.25, 0.3) is 30.4 Å². The van der Waals surface area contributed by atoms with Gasteiger partial charge in [-0.25, -0.2) is 8.42 Å². The second kappa shape index (κ2) is 13.3. The third kappa shape index (κ3) is 7.30. The minimum atomic E-state index is -5.14. The fourth-order valence-electron chi connectivity index (χ4n) is 5.67. The van der Waals surface area contributed by atoms with Crippen molar-refractivity contribution in [1.29, 1.82) is 0 Å². The van der Waals surface area contributed by atoms with Crippen molar-refractivity contribution in [2.45, 2.75) is 9.79 Å². The lowest BCUT2D eigenvalue weighted by molar-refractivity contribution is 0.0980. The molecule has 0 saturated heterocycles. The van der Waals surface area contributed by atoms with Crippen LogP contribution in [0.5, 0.6) is 0 Å². The van der Waals surface area contributed by atoms with Crippen LogP contribution in [0.3, 0.4) is 0 Å². The Kier molecular flexibility index (Phi) is 9.42. The van der Waals surface area contributed by atoms with Gasteiger partial charge in [-0.05, 0) is 60.2 Å². The molecule has 0 heterocycles. The number of Topliss-reactive ketones (excluding diaryl/α,β-unsaturated/α-hetero) is 1. The van der Waals surface area contributed by atoms with Gasteiger partial charge >= 0.3 is 0 Å². The zero-order valence-corrected chi connectivity index (χ0v) is 30.2. The van der Waals surface area contributed by atoms with Crippen LogP contribution in [0.2, 0.25) is 0 Å². The van der Waals surface area contributed by atoms with Gasteiger partial charge in [-0.2, -0.15) is 30.4 Å². The van der Waals surface area contributed by atoms with Crippen molar-refractivity contribution in [2.24, 2.45) is 5.10 Å². The first-order chi connectivity index (χ1) is 25.1. The maximum atomic E-state index is 13.6. The Morgan fingerprint density at radius 2 is 1.24 bits per heavy atom. The molecule has 4 aromatic carbocycles. The van der Waals surface area contributed by atoms with Gasteiger partial charge in [0.2, 0.25) is 5.78 Å². The minimum absolute atomic E-state index is 0.00843. The Balaban J connectivity index is 1.35. The van der Waals surface area contributed by atoms with Crippen LogP contribution in [0.1, 0.15) is 47.8 Å². The molecule has 6 rings (SSSR count). The molecule has 54 heavy (non-hydrogen) atoms. The van der Waals surface area contributed by atoms with Crippen molar-refractivity contribution in [3.8, 4) is 0 Å². The number of fused-ring (bicyclic) bond motifs is 3. The van der Waals surface area contributed by atoms with E-state index >= 15 is 0 Å². The molecule has 7 N–H and O–H groups in total. The molecule has 0 aliphatic heterocycles. The normalized spacial score (nSPS) is 15.3. The van der Waals surface area contributed by atoms with Gasteiger partial charge < -0.3 is 11.1 Å². The molecular formula is C32H24N4O14S4. The molecule has 0 unspecified atom stereocenters. The van der Waals surface area contributed by atoms with Gasteiger partial charge in [-0.15, -0.1) is 0 Å². The predicted octanol–water partition coefficient (Wildman–Crippen LogP) is 2.59. The first kappa shape index (κ1) is 38.1. The van der Waals surface area contributed by atoms with Crippen LogP contribution in [0, 0.1) is 0 Å². The number of anilines is 4. The van der Waals surface area contributed by atoms with Crippen molar-refractivity contribution < 1.29 is 61.7 Å². The number of rotatable bonds is 10. The molecule has 0 spiro atoms. The van der Waals surface area contributed by atoms with E-state index in [0.717, 1.165) is 24.3 Å². The minimum Gasteiger partial charge on any atom is -0.397 e. The summed E-state index contributed by atoms with van der Waals surface area (Å²) in [5, 5.41) is 6.60. The maximum Gasteiger partial charge on any atom is 0.296 e. The summed E-state index contributed by atoms with van der Waals surface area (Å²) in [5.74, 6) is -4.45. The number of hydrazone groups is 1. The first-order valence-corrected chi connectivity index (χ1v) is 21.1. The summed E-state index contributed by atoms with van der Waals surface area (Å²) in [6.45, 7) is 0. The highest BCUT2D eigenvalue weighted by Crippen LogP contribution is 2.40. The zero-order chi connectivity index (χ0) is 39.5. The topological polar surface area (TPSA) is 311 Å². The molecule has 0 radical (unpaired) electrons. The second-order valence-electron chi connectivity index (χ2n) is 11.7. The smallest absolute Gasteiger partial charge is 0.296 e. The fraction of sp³-hybridized carbons (Fsp3) is 0.0625. The van der Waals surface area contributed by atoms with Gasteiger partial charge in [0, 0.05) is 22.4 Å². The standard InChI is InChI=1S/C32H24N4O14S4/c33-28-24(53(45,46)47)15-23(26-27(28)31(38)22-4-2-1-3-21(22)30(26)37)34-18-7-10-20-16(13-18)14-25(54(48,49)50)29(32(20)39)36-35-17-5-8-19(9-6-17)51(40,41)11-12-52(42,43)44/h1-10,13-15,34-35H,11-12,33H2,(H,42,43,44)(H,45,46,47)(H,48,49,50)/b36-29-. The van der Waals surface area contributed by atoms with E-state index in [0.29, 0.717) is 0 Å². The molecule has 4 aromatic rings. The Labute approximate surface area is 306 Å². The number of nitrogens with one attached hydrogen (secondary N) is 2. The molecule has 2 aliphatic rings. The summed E-state index contributed by atoms with van der Waals surface area (Å²) >= 11 is 0. The third-order valence-electron chi connectivity index (χ3n) is 8.19. The van der Waals surface area contributed by atoms with E-state index in [1.54, 1.807) is 0 Å². The highest BCUT2D eigenvalue weighted by Gasteiger charge is 2.37. The molecule has 0 bridgehead atoms. The molecular weight excluding hydrogens is 793 g/mol. The maximum absolute atomic E-state index is 13.6. The third-order valence-corrected chi connectivity index (χ3v) is 12.7. The van der Waals surface area contributed by atoms with E-state index in [1.807, 2.05) is 0 Å². The summed E-state index contributed by atoms with van der Waals surface area (Å²) < 4.78 is 125. The lowest BCUT2D eigenvalue weighted by Crippen LogP contribution is -2.27. The molecule has 0 fully saturated rings. The fourth-order valence-corrected chi connectivity index (χ4v) is 9.48. The number of allylic oxidation sites excluding steroid dienone is 1. The Bertz CT molecular complexity index is 2870. The monoisotopic (exact) mass is 816 g/mol. The first-order valence-electron chi connectivity index (χ1n) is 15.0. The van der Waals surface area contributed by atoms with Crippen molar-refractivity contribution >= 4 is 92.1 Å². The van der Waals surface area contributed by atoms with E-state index in [-0.39, 0.29) is 49.8 Å². The van der Waals surface area contributed by atoms with Gasteiger partial charge in [0.05, 0.1) is 44.6 Å². The number of benzene rings is 4. The Hall–Kier alpha value is -5.62. The van der Waals surface area contributed by atoms with Crippen molar-refractivity contribution in [2.75, 3.05) is 28.0 Å². The van der Waals surface area contributed by atoms with Gasteiger partial charge in [0.1, 0.15) is 9.80 Å². The number of hydrogen-bond donors (Lipinski definition) is 6. The molecule has 0 aromatic heterocycles. The molecule has 0 amide bonds. The van der Waals surface area contributed by atoms with E-state index in [9.17, 15) is 57.2 Å². The number of hydrogen-bond acceptors (Lipinski definition) is 15. The van der Waals surface area contributed by atoms with Crippen LogP contribution in [0.15, 0.2) is 92.6 Å². The van der Waals surface area contributed by atoms with Gasteiger partial charge in [-0.3, -0.25) is 33.5 Å². The van der Waals surface area contributed by atoms with Crippen LogP contribution in [-0.4, -0.2) is 81.9 Å². The van der Waals surface area contributed by atoms with Gasteiger partial charge in [0.15, 0.2) is 27.1 Å². The van der Waals surface area contributed by atoms with E-state index < -0.39 is 95.8 Å². The average molecular weight is 817 g/mol. The van der Waals surface area contributed by atoms with Crippen LogP contribution >= 0.6 is 0 Å². The van der Waals surface area contributed by atoms with E-state index in [1.165, 1.54) is 54.6 Å². The van der Waals surface area contributed by atoms with Crippen molar-refractivity contribution in [3.05, 3.63) is 111 Å². The summed E-state index contributed by atoms with van der Waals surface area (Å²) in [6.07, 6.45) is 0.898. The Morgan fingerprint density at radius 1 is 0.648 bits per heavy atom. The van der Waals surface area contributed by atoms with Crippen LogP contribution in [0.25, 0.3) is 6.08 Å². The average Bonchev–Trinajstić information content (AvgIpc) is 3.08. The summed E-state index contributed by atoms with van der Waals surface area (Å²) in [5.41, 5.74) is 5.63.